The van der Waals surface area contributed by atoms with Crippen LogP contribution in [0.4, 0.5) is 0 Å². The van der Waals surface area contributed by atoms with Crippen LogP contribution in [0.3, 0.4) is 0 Å². The van der Waals surface area contributed by atoms with Crippen molar-refractivity contribution in [3.8, 4) is 0 Å². The summed E-state index contributed by atoms with van der Waals surface area (Å²) in [6.45, 7) is 0. The molecule has 76 valence electrons. The van der Waals surface area contributed by atoms with Gasteiger partial charge in [-0.25, -0.2) is 0 Å². The summed E-state index contributed by atoms with van der Waals surface area (Å²) in [7, 11) is 0. The number of hydrogen-bond acceptors (Lipinski definition) is 1. The molecule has 0 unspecified atom stereocenters. The first-order chi connectivity index (χ1) is 7.29. The summed E-state index contributed by atoms with van der Waals surface area (Å²) < 4.78 is 1.31. The Morgan fingerprint density at radius 3 is 2.60 bits per heavy atom. The monoisotopic (exact) mass is 326 g/mol. The summed E-state index contributed by atoms with van der Waals surface area (Å²) in [5.41, 5.74) is 1.27. The highest BCUT2D eigenvalue weighted by molar-refractivity contribution is 14.1. The van der Waals surface area contributed by atoms with Gasteiger partial charge in [-0.1, -0.05) is 36.4 Å². The standard InChI is InChI=1S/C13H11IS/c1-15-13(14)9-10-6-7-11-4-2-3-5-12(11)8-10/h2-9H,1H3/b13-9+. The van der Waals surface area contributed by atoms with E-state index in [0.29, 0.717) is 0 Å². The van der Waals surface area contributed by atoms with Crippen LogP contribution in [0.25, 0.3) is 16.8 Å². The molecule has 2 heteroatoms. The number of thioether (sulfide) groups is 1. The molecule has 0 atom stereocenters. The van der Waals surface area contributed by atoms with E-state index in [0.717, 1.165) is 0 Å². The second-order valence-corrected chi connectivity index (χ2v) is 6.00. The predicted molar refractivity (Wildman–Crippen MR) is 79.5 cm³/mol. The molecule has 0 radical (unpaired) electrons. The van der Waals surface area contributed by atoms with Crippen molar-refractivity contribution in [1.82, 2.24) is 0 Å². The molecule has 2 aromatic carbocycles. The molecular weight excluding hydrogens is 315 g/mol. The maximum absolute atomic E-state index is 2.36. The summed E-state index contributed by atoms with van der Waals surface area (Å²) in [4.78, 5) is 0. The molecule has 0 aromatic heterocycles. The Bertz CT molecular complexity index is 503. The maximum Gasteiger partial charge on any atom is 0.0460 e. The maximum atomic E-state index is 2.36. The minimum absolute atomic E-state index is 1.27. The fourth-order valence-electron chi connectivity index (χ4n) is 1.49. The van der Waals surface area contributed by atoms with Gasteiger partial charge in [0.1, 0.15) is 0 Å². The van der Waals surface area contributed by atoms with Crippen LogP contribution in [0.1, 0.15) is 5.56 Å². The highest BCUT2D eigenvalue weighted by Crippen LogP contribution is 2.24. The number of benzene rings is 2. The van der Waals surface area contributed by atoms with E-state index in [2.05, 4.69) is 77.4 Å². The Morgan fingerprint density at radius 1 is 1.13 bits per heavy atom. The number of fused-ring (bicyclic) bond motifs is 1. The molecule has 15 heavy (non-hydrogen) atoms. The van der Waals surface area contributed by atoms with E-state index >= 15 is 0 Å². The molecule has 0 heterocycles. The van der Waals surface area contributed by atoms with Gasteiger partial charge >= 0.3 is 0 Å². The van der Waals surface area contributed by atoms with Gasteiger partial charge < -0.3 is 0 Å². The molecule has 0 aliphatic rings. The Balaban J connectivity index is 2.47. The average molecular weight is 326 g/mol. The molecule has 0 aliphatic heterocycles. The van der Waals surface area contributed by atoms with Gasteiger partial charge in [-0.2, -0.15) is 0 Å². The van der Waals surface area contributed by atoms with Gasteiger partial charge in [0.25, 0.3) is 0 Å². The van der Waals surface area contributed by atoms with Gasteiger partial charge in [0, 0.05) is 2.91 Å². The van der Waals surface area contributed by atoms with Crippen molar-refractivity contribution < 1.29 is 0 Å². The van der Waals surface area contributed by atoms with E-state index in [4.69, 9.17) is 0 Å². The van der Waals surface area contributed by atoms with Crippen LogP contribution < -0.4 is 0 Å². The lowest BCUT2D eigenvalue weighted by molar-refractivity contribution is 1.71. The van der Waals surface area contributed by atoms with Crippen molar-refractivity contribution in [1.29, 1.82) is 0 Å². The normalized spacial score (nSPS) is 12.0. The van der Waals surface area contributed by atoms with E-state index in [1.54, 1.807) is 11.8 Å². The first kappa shape index (κ1) is 11.0. The lowest BCUT2D eigenvalue weighted by atomic mass is 10.1. The molecule has 0 saturated heterocycles. The van der Waals surface area contributed by atoms with Gasteiger partial charge in [0.2, 0.25) is 0 Å². The third-order valence-electron chi connectivity index (χ3n) is 2.25. The van der Waals surface area contributed by atoms with E-state index in [1.807, 2.05) is 0 Å². The minimum atomic E-state index is 1.27. The van der Waals surface area contributed by atoms with Crippen LogP contribution in [0.5, 0.6) is 0 Å². The van der Waals surface area contributed by atoms with E-state index in [1.165, 1.54) is 19.2 Å². The van der Waals surface area contributed by atoms with Crippen molar-refractivity contribution in [2.24, 2.45) is 0 Å². The van der Waals surface area contributed by atoms with Crippen LogP contribution >= 0.6 is 34.4 Å². The number of hydrogen-bond donors (Lipinski definition) is 0. The third kappa shape index (κ3) is 2.75. The van der Waals surface area contributed by atoms with Crippen molar-refractivity contribution >= 4 is 51.2 Å². The van der Waals surface area contributed by atoms with Crippen LogP contribution in [0.15, 0.2) is 45.4 Å². The molecule has 0 nitrogen and oxygen atoms in total. The third-order valence-corrected chi connectivity index (χ3v) is 4.39. The number of halogens is 1. The molecule has 0 bridgehead atoms. The highest BCUT2D eigenvalue weighted by atomic mass is 127. The first-order valence-corrected chi connectivity index (χ1v) is 7.00. The van der Waals surface area contributed by atoms with E-state index < -0.39 is 0 Å². The SMILES string of the molecule is CS/C(I)=C/c1ccc2ccccc2c1. The van der Waals surface area contributed by atoms with Gasteiger partial charge in [0.05, 0.1) is 0 Å². The topological polar surface area (TPSA) is 0 Å². The Labute approximate surface area is 108 Å². The summed E-state index contributed by atoms with van der Waals surface area (Å²) >= 11 is 4.13. The van der Waals surface area contributed by atoms with E-state index in [-0.39, 0.29) is 0 Å². The first-order valence-electron chi connectivity index (χ1n) is 4.69. The zero-order valence-corrected chi connectivity index (χ0v) is 11.4. The lowest BCUT2D eigenvalue weighted by Gasteiger charge is -2.00. The van der Waals surface area contributed by atoms with Crippen molar-refractivity contribution in [2.75, 3.05) is 6.26 Å². The molecule has 0 amide bonds. The van der Waals surface area contributed by atoms with Gasteiger partial charge in [-0.15, -0.1) is 11.8 Å². The average Bonchev–Trinajstić information content (AvgIpc) is 2.29. The highest BCUT2D eigenvalue weighted by Gasteiger charge is 1.94. The van der Waals surface area contributed by atoms with Crippen LogP contribution in [-0.4, -0.2) is 6.26 Å². The summed E-state index contributed by atoms with van der Waals surface area (Å²) in [5, 5.41) is 2.60. The quantitative estimate of drug-likeness (QED) is 0.705. The minimum Gasteiger partial charge on any atom is -0.123 e. The molecule has 0 spiro atoms. The van der Waals surface area contributed by atoms with Crippen molar-refractivity contribution in [3.63, 3.8) is 0 Å². The molecular formula is C13H11IS. The summed E-state index contributed by atoms with van der Waals surface area (Å²) in [6.07, 6.45) is 4.30. The van der Waals surface area contributed by atoms with E-state index in [9.17, 15) is 0 Å². The fraction of sp³-hybridized carbons (Fsp3) is 0.0769. The largest absolute Gasteiger partial charge is 0.123 e. The summed E-state index contributed by atoms with van der Waals surface area (Å²) in [5.74, 6) is 0. The van der Waals surface area contributed by atoms with Crippen molar-refractivity contribution in [3.05, 3.63) is 50.9 Å². The zero-order chi connectivity index (χ0) is 10.7. The smallest absolute Gasteiger partial charge is 0.0460 e. The second kappa shape index (κ2) is 5.03. The van der Waals surface area contributed by atoms with Gasteiger partial charge in [-0.05, 0) is 57.3 Å². The zero-order valence-electron chi connectivity index (χ0n) is 8.41. The Hall–Kier alpha value is -0.480. The van der Waals surface area contributed by atoms with Crippen LogP contribution in [-0.2, 0) is 0 Å². The molecule has 0 aliphatic carbocycles. The van der Waals surface area contributed by atoms with Gasteiger partial charge in [-0.3, -0.25) is 0 Å². The fourth-order valence-corrected chi connectivity index (χ4v) is 2.10. The van der Waals surface area contributed by atoms with Crippen LogP contribution in [0.2, 0.25) is 0 Å². The summed E-state index contributed by atoms with van der Waals surface area (Å²) in [6, 6.07) is 15.0. The number of rotatable bonds is 2. The Kier molecular flexibility index (Phi) is 3.70. The van der Waals surface area contributed by atoms with Crippen molar-refractivity contribution in [2.45, 2.75) is 0 Å². The molecule has 0 fully saturated rings. The lowest BCUT2D eigenvalue weighted by Crippen LogP contribution is -1.75. The second-order valence-electron chi connectivity index (χ2n) is 3.26. The Morgan fingerprint density at radius 2 is 1.87 bits per heavy atom. The van der Waals surface area contributed by atoms with Crippen LogP contribution in [0, 0.1) is 0 Å². The predicted octanol–water partition coefficient (Wildman–Crippen LogP) is 4.94. The molecule has 0 saturated carbocycles. The van der Waals surface area contributed by atoms with Gasteiger partial charge in [0.15, 0.2) is 0 Å². The molecule has 2 aromatic rings. The molecule has 0 N–H and O–H groups in total. The molecule has 2 rings (SSSR count).